The minimum absolute atomic E-state index is 0.0920. The number of carbonyl (C=O) groups is 3. The summed E-state index contributed by atoms with van der Waals surface area (Å²) in [7, 11) is 0. The molecule has 0 amide bonds. The molecule has 0 aliphatic rings. The van der Waals surface area contributed by atoms with Crippen molar-refractivity contribution < 1.29 is 28.6 Å². The summed E-state index contributed by atoms with van der Waals surface area (Å²) in [4.78, 5) is 38.0. The van der Waals surface area contributed by atoms with E-state index in [0.717, 1.165) is 89.2 Å². The summed E-state index contributed by atoms with van der Waals surface area (Å²) in [5.74, 6) is 0.217. The van der Waals surface area contributed by atoms with Crippen molar-refractivity contribution in [1.82, 2.24) is 0 Å². The van der Waals surface area contributed by atoms with E-state index >= 15 is 0 Å². The maximum Gasteiger partial charge on any atom is 0.316 e. The average molecular weight is 887 g/mol. The van der Waals surface area contributed by atoms with Crippen LogP contribution < -0.4 is 0 Å². The van der Waals surface area contributed by atoms with E-state index in [4.69, 9.17) is 14.2 Å². The van der Waals surface area contributed by atoms with Gasteiger partial charge in [-0.3, -0.25) is 14.4 Å². The molecule has 0 aromatic heterocycles. The van der Waals surface area contributed by atoms with Crippen LogP contribution in [0, 0.1) is 0 Å². The number of unbranched alkanes of at least 4 members (excludes halogenated alkanes) is 27. The van der Waals surface area contributed by atoms with Crippen molar-refractivity contribution in [3.05, 3.63) is 48.6 Å². The molecule has 0 unspecified atom stereocenters. The standard InChI is InChI=1S/C55H98O6S/c1-4-7-10-13-16-19-22-25-27-29-31-34-37-40-43-46-53(56)59-49-52(61-55(58)51-62-48-45-42-39-36-33-24-21-18-15-12-9-6-3)50-60-54(57)47-44-41-38-35-32-30-28-26-23-20-17-14-11-8-5-2/h16-17,19-20,25-28,52H,4-15,18,21-24,29-51H2,1-3H3/b19-16-,20-17-,27-25-,28-26-. The summed E-state index contributed by atoms with van der Waals surface area (Å²) in [6.07, 6.45) is 58.6. The zero-order valence-electron chi connectivity index (χ0n) is 40.8. The molecule has 0 saturated carbocycles. The van der Waals surface area contributed by atoms with E-state index in [1.165, 1.54) is 135 Å². The van der Waals surface area contributed by atoms with Gasteiger partial charge in [-0.05, 0) is 89.2 Å². The number of rotatable bonds is 48. The number of allylic oxidation sites excluding steroid dienone is 8. The van der Waals surface area contributed by atoms with Gasteiger partial charge in [-0.1, -0.05) is 204 Å². The Morgan fingerprint density at radius 3 is 1.11 bits per heavy atom. The summed E-state index contributed by atoms with van der Waals surface area (Å²) >= 11 is 1.59. The number of carbonyl (C=O) groups excluding carboxylic acids is 3. The van der Waals surface area contributed by atoms with Gasteiger partial charge in [0.25, 0.3) is 0 Å². The van der Waals surface area contributed by atoms with E-state index in [-0.39, 0.29) is 36.9 Å². The highest BCUT2D eigenvalue weighted by molar-refractivity contribution is 7.99. The Kier molecular flexibility index (Phi) is 49.5. The third-order valence-corrected chi connectivity index (χ3v) is 12.2. The zero-order valence-corrected chi connectivity index (χ0v) is 41.7. The first-order valence-electron chi connectivity index (χ1n) is 26.2. The Morgan fingerprint density at radius 2 is 0.710 bits per heavy atom. The maximum atomic E-state index is 12.8. The first kappa shape index (κ1) is 59.7. The van der Waals surface area contributed by atoms with Crippen LogP contribution in [0.2, 0.25) is 0 Å². The summed E-state index contributed by atoms with van der Waals surface area (Å²) in [6.45, 7) is 6.56. The Hall–Kier alpha value is -2.28. The van der Waals surface area contributed by atoms with E-state index in [0.29, 0.717) is 12.8 Å². The molecule has 62 heavy (non-hydrogen) atoms. The predicted octanol–water partition coefficient (Wildman–Crippen LogP) is 17.0. The van der Waals surface area contributed by atoms with E-state index in [9.17, 15) is 14.4 Å². The molecule has 0 saturated heterocycles. The second-order valence-corrected chi connectivity index (χ2v) is 18.5. The van der Waals surface area contributed by atoms with Gasteiger partial charge in [0.15, 0.2) is 6.10 Å². The van der Waals surface area contributed by atoms with Crippen LogP contribution in [0.5, 0.6) is 0 Å². The second-order valence-electron chi connectivity index (χ2n) is 17.4. The second kappa shape index (κ2) is 51.4. The van der Waals surface area contributed by atoms with Crippen molar-refractivity contribution in [1.29, 1.82) is 0 Å². The Morgan fingerprint density at radius 1 is 0.387 bits per heavy atom. The molecule has 6 nitrogen and oxygen atoms in total. The Labute approximate surface area is 388 Å². The third kappa shape index (κ3) is 48.7. The van der Waals surface area contributed by atoms with E-state index in [2.05, 4.69) is 69.4 Å². The molecule has 0 aromatic rings. The molecule has 0 aliphatic heterocycles. The highest BCUT2D eigenvalue weighted by Gasteiger charge is 2.19. The van der Waals surface area contributed by atoms with E-state index in [1.807, 2.05) is 0 Å². The van der Waals surface area contributed by atoms with Crippen LogP contribution in [0.1, 0.15) is 252 Å². The lowest BCUT2D eigenvalue weighted by Gasteiger charge is -2.18. The molecule has 0 bridgehead atoms. The van der Waals surface area contributed by atoms with Crippen LogP contribution in [0.3, 0.4) is 0 Å². The molecule has 360 valence electrons. The summed E-state index contributed by atoms with van der Waals surface area (Å²) in [6, 6.07) is 0. The molecule has 7 heteroatoms. The molecule has 0 radical (unpaired) electrons. The minimum atomic E-state index is -0.795. The van der Waals surface area contributed by atoms with Gasteiger partial charge < -0.3 is 14.2 Å². The van der Waals surface area contributed by atoms with E-state index in [1.54, 1.807) is 11.8 Å². The van der Waals surface area contributed by atoms with Gasteiger partial charge in [0.05, 0.1) is 5.75 Å². The van der Waals surface area contributed by atoms with Crippen LogP contribution >= 0.6 is 11.8 Å². The van der Waals surface area contributed by atoms with Gasteiger partial charge in [0.1, 0.15) is 13.2 Å². The van der Waals surface area contributed by atoms with Crippen LogP contribution in [0.15, 0.2) is 48.6 Å². The fraction of sp³-hybridized carbons (Fsp3) is 0.800. The fourth-order valence-electron chi connectivity index (χ4n) is 7.21. The first-order chi connectivity index (χ1) is 30.5. The SMILES string of the molecule is CCCCC/C=C\C/C=C\CCCCCCCC(=O)OCC(COC(=O)CCCCCCC/C=C\C/C=C\CCCCC)OC(=O)CSCCCCCCCCCCCCCC. The minimum Gasteiger partial charge on any atom is -0.462 e. The zero-order chi connectivity index (χ0) is 45.1. The normalized spacial score (nSPS) is 11.9. The highest BCUT2D eigenvalue weighted by atomic mass is 32.2. The first-order valence-corrected chi connectivity index (χ1v) is 27.4. The van der Waals surface area contributed by atoms with Gasteiger partial charge in [-0.2, -0.15) is 11.8 Å². The van der Waals surface area contributed by atoms with Crippen molar-refractivity contribution in [2.75, 3.05) is 24.7 Å². The lowest BCUT2D eigenvalue weighted by molar-refractivity contribution is -0.165. The molecule has 0 heterocycles. The summed E-state index contributed by atoms with van der Waals surface area (Å²) in [5, 5.41) is 0. The molecule has 0 N–H and O–H groups in total. The topological polar surface area (TPSA) is 78.9 Å². The summed E-state index contributed by atoms with van der Waals surface area (Å²) < 4.78 is 16.8. The Bertz CT molecular complexity index is 1040. The Balaban J connectivity index is 4.40. The van der Waals surface area contributed by atoms with Gasteiger partial charge in [0, 0.05) is 12.8 Å². The molecular weight excluding hydrogens is 789 g/mol. The van der Waals surface area contributed by atoms with Gasteiger partial charge in [-0.25, -0.2) is 0 Å². The van der Waals surface area contributed by atoms with Crippen molar-refractivity contribution in [3.8, 4) is 0 Å². The maximum absolute atomic E-state index is 12.8. The monoisotopic (exact) mass is 887 g/mol. The number of esters is 3. The average Bonchev–Trinajstić information content (AvgIpc) is 3.27. The molecular formula is C55H98O6S. The highest BCUT2D eigenvalue weighted by Crippen LogP contribution is 2.15. The largest absolute Gasteiger partial charge is 0.462 e. The van der Waals surface area contributed by atoms with Gasteiger partial charge in [-0.15, -0.1) is 0 Å². The number of ether oxygens (including phenoxy) is 3. The fourth-order valence-corrected chi connectivity index (χ4v) is 8.00. The molecule has 0 aliphatic carbocycles. The summed E-state index contributed by atoms with van der Waals surface area (Å²) in [5.41, 5.74) is 0. The van der Waals surface area contributed by atoms with Gasteiger partial charge in [0.2, 0.25) is 0 Å². The third-order valence-electron chi connectivity index (χ3n) is 11.2. The number of hydrogen-bond acceptors (Lipinski definition) is 7. The van der Waals surface area contributed by atoms with Crippen LogP contribution in [0.4, 0.5) is 0 Å². The molecule has 0 rings (SSSR count). The molecule has 0 atom stereocenters. The molecule has 0 aromatic carbocycles. The van der Waals surface area contributed by atoms with Crippen LogP contribution in [-0.2, 0) is 28.6 Å². The van der Waals surface area contributed by atoms with Crippen molar-refractivity contribution in [3.63, 3.8) is 0 Å². The number of hydrogen-bond donors (Lipinski definition) is 0. The predicted molar refractivity (Wildman–Crippen MR) is 269 cm³/mol. The van der Waals surface area contributed by atoms with E-state index < -0.39 is 6.10 Å². The van der Waals surface area contributed by atoms with Gasteiger partial charge >= 0.3 is 17.9 Å². The molecule has 0 fully saturated rings. The van der Waals surface area contributed by atoms with Crippen molar-refractivity contribution in [2.24, 2.45) is 0 Å². The van der Waals surface area contributed by atoms with Crippen LogP contribution in [0.25, 0.3) is 0 Å². The smallest absolute Gasteiger partial charge is 0.316 e. The van der Waals surface area contributed by atoms with Crippen LogP contribution in [-0.4, -0.2) is 48.7 Å². The van der Waals surface area contributed by atoms with Crippen molar-refractivity contribution >= 4 is 29.7 Å². The lowest BCUT2D eigenvalue weighted by Crippen LogP contribution is -2.31. The quantitative estimate of drug-likeness (QED) is 0.0261. The number of thioether (sulfide) groups is 1. The molecule has 0 spiro atoms. The van der Waals surface area contributed by atoms with Crippen molar-refractivity contribution in [2.45, 2.75) is 258 Å². The lowest BCUT2D eigenvalue weighted by atomic mass is 10.1.